The van der Waals surface area contributed by atoms with E-state index in [1.807, 2.05) is 0 Å². The van der Waals surface area contributed by atoms with Crippen LogP contribution in [0, 0.1) is 0 Å². The fraction of sp³-hybridized carbons (Fsp3) is 0.444. The molecule has 1 aliphatic heterocycles. The molecule has 1 aliphatic rings. The minimum Gasteiger partial charge on any atom is -0.483 e. The van der Waals surface area contributed by atoms with Crippen molar-refractivity contribution in [3.05, 3.63) is 40.8 Å². The zero-order valence-electron chi connectivity index (χ0n) is 15.9. The van der Waals surface area contributed by atoms with E-state index in [2.05, 4.69) is 11.3 Å². The smallest absolute Gasteiger partial charge is 0.260 e. The number of hydrogen-bond donors (Lipinski definition) is 1. The first kappa shape index (κ1) is 22.2. The highest BCUT2D eigenvalue weighted by Gasteiger charge is 2.25. The van der Waals surface area contributed by atoms with Gasteiger partial charge in [0.05, 0.1) is 5.56 Å². The van der Waals surface area contributed by atoms with Gasteiger partial charge in [0.25, 0.3) is 11.8 Å². The second-order valence-corrected chi connectivity index (χ2v) is 8.71. The van der Waals surface area contributed by atoms with E-state index in [4.69, 9.17) is 16.3 Å². The molecule has 0 atom stereocenters. The first-order valence-corrected chi connectivity index (χ1v) is 10.6. The molecule has 0 saturated carbocycles. The molecule has 0 aliphatic carbocycles. The van der Waals surface area contributed by atoms with Crippen molar-refractivity contribution in [3.63, 3.8) is 0 Å². The van der Waals surface area contributed by atoms with Crippen molar-refractivity contribution in [1.29, 1.82) is 0 Å². The minimum atomic E-state index is -3.49. The highest BCUT2D eigenvalue weighted by atomic mass is 35.5. The number of carbonyl (C=O) groups is 2. The molecular formula is C18H24ClN3O5S. The lowest BCUT2D eigenvalue weighted by molar-refractivity contribution is -0.134. The summed E-state index contributed by atoms with van der Waals surface area (Å²) in [4.78, 5) is 27.7. The number of rotatable bonds is 7. The van der Waals surface area contributed by atoms with Gasteiger partial charge in [-0.2, -0.15) is 0 Å². The third kappa shape index (κ3) is 5.95. The van der Waals surface area contributed by atoms with Crippen LogP contribution < -0.4 is 9.46 Å². The second-order valence-electron chi connectivity index (χ2n) is 6.61. The van der Waals surface area contributed by atoms with E-state index in [-0.39, 0.29) is 35.8 Å². The quantitative estimate of drug-likeness (QED) is 0.708. The minimum absolute atomic E-state index is 0.224. The van der Waals surface area contributed by atoms with Gasteiger partial charge < -0.3 is 14.5 Å². The predicted molar refractivity (Wildman–Crippen MR) is 107 cm³/mol. The monoisotopic (exact) mass is 429 g/mol. The molecular weight excluding hydrogens is 406 g/mol. The van der Waals surface area contributed by atoms with Gasteiger partial charge >= 0.3 is 0 Å². The largest absolute Gasteiger partial charge is 0.483 e. The molecule has 1 aromatic rings. The Morgan fingerprint density at radius 2 is 2.00 bits per heavy atom. The average molecular weight is 430 g/mol. The fourth-order valence-corrected chi connectivity index (χ4v) is 3.76. The third-order valence-corrected chi connectivity index (χ3v) is 5.66. The van der Waals surface area contributed by atoms with Crippen molar-refractivity contribution < 1.29 is 22.7 Å². The lowest BCUT2D eigenvalue weighted by Crippen LogP contribution is -2.47. The van der Waals surface area contributed by atoms with Crippen LogP contribution in [-0.4, -0.2) is 69.9 Å². The van der Waals surface area contributed by atoms with Crippen LogP contribution in [0.15, 0.2) is 30.2 Å². The van der Waals surface area contributed by atoms with Gasteiger partial charge in [-0.1, -0.05) is 18.2 Å². The first-order valence-electron chi connectivity index (χ1n) is 8.69. The predicted octanol–water partition coefficient (Wildman–Crippen LogP) is 1.47. The van der Waals surface area contributed by atoms with Crippen molar-refractivity contribution in [3.8, 4) is 5.75 Å². The molecule has 10 heteroatoms. The van der Waals surface area contributed by atoms with Gasteiger partial charge in [-0.15, -0.1) is 0 Å². The Kier molecular flexibility index (Phi) is 7.45. The maximum atomic E-state index is 12.4. The third-order valence-electron chi connectivity index (χ3n) is 4.33. The van der Waals surface area contributed by atoms with Crippen LogP contribution >= 0.6 is 11.6 Å². The molecule has 2 amide bonds. The van der Waals surface area contributed by atoms with Gasteiger partial charge in [0.15, 0.2) is 6.61 Å². The molecule has 28 heavy (non-hydrogen) atoms. The molecule has 2 rings (SSSR count). The van der Waals surface area contributed by atoms with Crippen molar-refractivity contribution in [2.45, 2.75) is 18.9 Å². The van der Waals surface area contributed by atoms with Crippen LogP contribution in [0.25, 0.3) is 0 Å². The summed E-state index contributed by atoms with van der Waals surface area (Å²) in [5, 5.41) is 1.27. The lowest BCUT2D eigenvalue weighted by atomic mass is 10.1. The van der Waals surface area contributed by atoms with Crippen LogP contribution in [0.5, 0.6) is 5.75 Å². The maximum absolute atomic E-state index is 12.4. The van der Waals surface area contributed by atoms with Crippen molar-refractivity contribution in [2.24, 2.45) is 0 Å². The number of benzene rings is 1. The summed E-state index contributed by atoms with van der Waals surface area (Å²) >= 11 is 5.96. The molecule has 0 aromatic heterocycles. The van der Waals surface area contributed by atoms with Crippen molar-refractivity contribution in [1.82, 2.24) is 14.5 Å². The van der Waals surface area contributed by atoms with Crippen LogP contribution in [0.1, 0.15) is 23.2 Å². The Bertz CT molecular complexity index is 849. The van der Waals surface area contributed by atoms with Crippen LogP contribution in [0.4, 0.5) is 0 Å². The molecule has 1 N–H and O–H groups in total. The van der Waals surface area contributed by atoms with E-state index in [0.29, 0.717) is 31.0 Å². The van der Waals surface area contributed by atoms with E-state index in [0.717, 1.165) is 5.41 Å². The number of likely N-dealkylation sites (tertiary alicyclic amines) is 1. The van der Waals surface area contributed by atoms with Gasteiger partial charge in [-0.3, -0.25) is 9.59 Å². The van der Waals surface area contributed by atoms with Gasteiger partial charge in [-0.05, 0) is 31.0 Å². The van der Waals surface area contributed by atoms with E-state index >= 15 is 0 Å². The topological polar surface area (TPSA) is 96.0 Å². The molecule has 8 nitrogen and oxygen atoms in total. The van der Waals surface area contributed by atoms with Crippen LogP contribution in [0.2, 0.25) is 5.02 Å². The summed E-state index contributed by atoms with van der Waals surface area (Å²) in [5.74, 6) is -0.228. The standard InChI is InChI=1S/C18H24ClN3O5S/c1-4-28(25,26)20-14-7-9-22(10-8-14)17(23)12-27-16-6-5-13(19)11-15(16)18(24)21(2)3/h4-6,11,14,20H,1,7-10,12H2,2-3H3. The molecule has 0 spiro atoms. The van der Waals surface area contributed by atoms with Crippen LogP contribution in [0.3, 0.4) is 0 Å². The van der Waals surface area contributed by atoms with Gasteiger partial charge in [0.2, 0.25) is 10.0 Å². The summed E-state index contributed by atoms with van der Waals surface area (Å²) in [6, 6.07) is 4.42. The summed E-state index contributed by atoms with van der Waals surface area (Å²) in [7, 11) is -0.260. The SMILES string of the molecule is C=CS(=O)(=O)NC1CCN(C(=O)COc2ccc(Cl)cc2C(=O)N(C)C)CC1. The zero-order chi connectivity index (χ0) is 20.9. The Balaban J connectivity index is 1.93. The number of ether oxygens (including phenoxy) is 1. The normalized spacial score (nSPS) is 15.2. The first-order chi connectivity index (χ1) is 13.1. The lowest BCUT2D eigenvalue weighted by Gasteiger charge is -2.32. The summed E-state index contributed by atoms with van der Waals surface area (Å²) in [6.07, 6.45) is 1.01. The molecule has 1 heterocycles. The van der Waals surface area contributed by atoms with E-state index < -0.39 is 10.0 Å². The molecule has 1 fully saturated rings. The molecule has 1 aromatic carbocycles. The average Bonchev–Trinajstić information content (AvgIpc) is 2.66. The maximum Gasteiger partial charge on any atom is 0.260 e. The Labute approximate surface area is 170 Å². The van der Waals surface area contributed by atoms with E-state index in [9.17, 15) is 18.0 Å². The Morgan fingerprint density at radius 1 is 1.36 bits per heavy atom. The number of halogens is 1. The molecule has 0 radical (unpaired) electrons. The number of nitrogens with one attached hydrogen (secondary N) is 1. The molecule has 1 saturated heterocycles. The summed E-state index contributed by atoms with van der Waals surface area (Å²) in [5.41, 5.74) is 0.280. The second kappa shape index (κ2) is 9.40. The molecule has 154 valence electrons. The van der Waals surface area contributed by atoms with Crippen LogP contribution in [-0.2, 0) is 14.8 Å². The molecule has 0 bridgehead atoms. The van der Waals surface area contributed by atoms with Crippen molar-refractivity contribution >= 4 is 33.4 Å². The summed E-state index contributed by atoms with van der Waals surface area (Å²) in [6.45, 7) is 3.87. The van der Waals surface area contributed by atoms with Gasteiger partial charge in [-0.25, -0.2) is 13.1 Å². The number of carbonyl (C=O) groups excluding carboxylic acids is 2. The zero-order valence-corrected chi connectivity index (χ0v) is 17.4. The van der Waals surface area contributed by atoms with E-state index in [1.54, 1.807) is 31.1 Å². The fourth-order valence-electron chi connectivity index (χ4n) is 2.79. The number of amides is 2. The number of nitrogens with zero attached hydrogens (tertiary/aromatic N) is 2. The van der Waals surface area contributed by atoms with E-state index in [1.165, 1.54) is 11.0 Å². The number of sulfonamides is 1. The summed E-state index contributed by atoms with van der Waals surface area (Å²) < 4.78 is 31.2. The van der Waals surface area contributed by atoms with Gasteiger partial charge in [0, 0.05) is 43.7 Å². The Morgan fingerprint density at radius 3 is 2.57 bits per heavy atom. The number of hydrogen-bond acceptors (Lipinski definition) is 5. The molecule has 0 unspecified atom stereocenters. The highest BCUT2D eigenvalue weighted by Crippen LogP contribution is 2.24. The number of piperidine rings is 1. The van der Waals surface area contributed by atoms with Gasteiger partial charge in [0.1, 0.15) is 5.75 Å². The van der Waals surface area contributed by atoms with Crippen molar-refractivity contribution in [2.75, 3.05) is 33.8 Å². The Hall–Kier alpha value is -2.10. The highest BCUT2D eigenvalue weighted by molar-refractivity contribution is 7.92.